The van der Waals surface area contributed by atoms with Crippen LogP contribution >= 0.6 is 0 Å². The fourth-order valence-corrected chi connectivity index (χ4v) is 1.04. The van der Waals surface area contributed by atoms with Crippen molar-refractivity contribution in [3.63, 3.8) is 0 Å². The molecule has 0 saturated carbocycles. The van der Waals surface area contributed by atoms with Crippen LogP contribution in [0.25, 0.3) is 11.5 Å². The van der Waals surface area contributed by atoms with Crippen molar-refractivity contribution in [3.8, 4) is 17.2 Å². The molecule has 1 heterocycles. The molecule has 0 amide bonds. The van der Waals surface area contributed by atoms with Gasteiger partial charge in [-0.25, -0.2) is 0 Å². The number of nitrogens with zero attached hydrogens (tertiary/aromatic N) is 2. The Labute approximate surface area is 79.6 Å². The SMILES string of the molecule is OCc1noc(-c2ccc(O)cc2)n1. The first-order valence-corrected chi connectivity index (χ1v) is 4.02. The van der Waals surface area contributed by atoms with Crippen molar-refractivity contribution in [2.75, 3.05) is 0 Å². The zero-order chi connectivity index (χ0) is 9.97. The van der Waals surface area contributed by atoms with Gasteiger partial charge in [-0.15, -0.1) is 0 Å². The van der Waals surface area contributed by atoms with Gasteiger partial charge in [0, 0.05) is 5.56 Å². The fourth-order valence-electron chi connectivity index (χ4n) is 1.04. The topological polar surface area (TPSA) is 79.4 Å². The highest BCUT2D eigenvalue weighted by Crippen LogP contribution is 2.19. The van der Waals surface area contributed by atoms with Crippen LogP contribution in [0.1, 0.15) is 5.82 Å². The Kier molecular flexibility index (Phi) is 2.16. The van der Waals surface area contributed by atoms with Crippen LogP contribution in [-0.4, -0.2) is 20.4 Å². The van der Waals surface area contributed by atoms with E-state index in [-0.39, 0.29) is 18.2 Å². The van der Waals surface area contributed by atoms with E-state index in [1.807, 2.05) is 0 Å². The summed E-state index contributed by atoms with van der Waals surface area (Å²) in [5.74, 6) is 0.748. The lowest BCUT2D eigenvalue weighted by Crippen LogP contribution is -1.84. The van der Waals surface area contributed by atoms with Crippen LogP contribution in [-0.2, 0) is 6.61 Å². The molecule has 1 aromatic heterocycles. The molecular formula is C9H8N2O3. The molecule has 1 aromatic carbocycles. The molecule has 0 fully saturated rings. The summed E-state index contributed by atoms with van der Waals surface area (Å²) in [5.41, 5.74) is 0.704. The summed E-state index contributed by atoms with van der Waals surface area (Å²) in [5, 5.41) is 21.3. The number of hydrogen-bond donors (Lipinski definition) is 2. The van der Waals surface area contributed by atoms with E-state index >= 15 is 0 Å². The molecule has 0 atom stereocenters. The number of aliphatic hydroxyl groups excluding tert-OH is 1. The Morgan fingerprint density at radius 2 is 1.93 bits per heavy atom. The summed E-state index contributed by atoms with van der Waals surface area (Å²) in [6, 6.07) is 6.37. The summed E-state index contributed by atoms with van der Waals surface area (Å²) >= 11 is 0. The lowest BCUT2D eigenvalue weighted by molar-refractivity contribution is 0.264. The fraction of sp³-hybridized carbons (Fsp3) is 0.111. The number of phenols is 1. The third-order valence-electron chi connectivity index (χ3n) is 1.72. The van der Waals surface area contributed by atoms with E-state index in [1.165, 1.54) is 12.1 Å². The van der Waals surface area contributed by atoms with Gasteiger partial charge in [0.05, 0.1) is 0 Å². The van der Waals surface area contributed by atoms with Gasteiger partial charge in [-0.2, -0.15) is 4.98 Å². The average Bonchev–Trinajstić information content (AvgIpc) is 2.67. The third-order valence-corrected chi connectivity index (χ3v) is 1.72. The number of benzene rings is 1. The Hall–Kier alpha value is -1.88. The molecule has 0 aliphatic heterocycles. The van der Waals surface area contributed by atoms with E-state index in [4.69, 9.17) is 14.7 Å². The van der Waals surface area contributed by atoms with Crippen LogP contribution in [0.5, 0.6) is 5.75 Å². The summed E-state index contributed by atoms with van der Waals surface area (Å²) in [4.78, 5) is 3.92. The molecule has 0 aliphatic rings. The van der Waals surface area contributed by atoms with E-state index in [0.29, 0.717) is 11.5 Å². The van der Waals surface area contributed by atoms with E-state index in [9.17, 15) is 0 Å². The largest absolute Gasteiger partial charge is 0.508 e. The first kappa shape index (κ1) is 8.71. The van der Waals surface area contributed by atoms with Gasteiger partial charge in [-0.3, -0.25) is 0 Å². The molecule has 14 heavy (non-hydrogen) atoms. The van der Waals surface area contributed by atoms with Crippen molar-refractivity contribution < 1.29 is 14.7 Å². The van der Waals surface area contributed by atoms with E-state index in [1.54, 1.807) is 12.1 Å². The molecule has 5 nitrogen and oxygen atoms in total. The Bertz CT molecular complexity index is 422. The maximum absolute atomic E-state index is 9.05. The van der Waals surface area contributed by atoms with Crippen LogP contribution in [0.15, 0.2) is 28.8 Å². The normalized spacial score (nSPS) is 10.4. The highest BCUT2D eigenvalue weighted by molar-refractivity contribution is 5.53. The summed E-state index contributed by atoms with van der Waals surface area (Å²) in [6.45, 7) is -0.248. The molecule has 2 aromatic rings. The molecular weight excluding hydrogens is 184 g/mol. The van der Waals surface area contributed by atoms with Crippen LogP contribution in [0.4, 0.5) is 0 Å². The molecule has 0 saturated heterocycles. The molecule has 0 aliphatic carbocycles. The second-order valence-electron chi connectivity index (χ2n) is 2.72. The summed E-state index contributed by atoms with van der Waals surface area (Å²) in [7, 11) is 0. The zero-order valence-corrected chi connectivity index (χ0v) is 7.21. The second-order valence-corrected chi connectivity index (χ2v) is 2.72. The van der Waals surface area contributed by atoms with Gasteiger partial charge in [0.25, 0.3) is 5.89 Å². The Balaban J connectivity index is 2.34. The maximum Gasteiger partial charge on any atom is 0.258 e. The molecule has 2 rings (SSSR count). The van der Waals surface area contributed by atoms with Gasteiger partial charge in [0.1, 0.15) is 12.4 Å². The predicted octanol–water partition coefficient (Wildman–Crippen LogP) is 0.934. The summed E-state index contributed by atoms with van der Waals surface area (Å²) in [6.07, 6.45) is 0. The molecule has 0 radical (unpaired) electrons. The minimum absolute atomic E-state index is 0.177. The highest BCUT2D eigenvalue weighted by Gasteiger charge is 2.07. The summed E-state index contributed by atoms with van der Waals surface area (Å²) < 4.78 is 4.88. The average molecular weight is 192 g/mol. The van der Waals surface area contributed by atoms with Crippen LogP contribution < -0.4 is 0 Å². The number of rotatable bonds is 2. The van der Waals surface area contributed by atoms with Gasteiger partial charge in [0.15, 0.2) is 5.82 Å². The number of aromatic hydroxyl groups is 1. The standard InChI is InChI=1S/C9H8N2O3/c12-5-8-10-9(14-11-8)6-1-3-7(13)4-2-6/h1-4,12-13H,5H2. The molecule has 0 unspecified atom stereocenters. The molecule has 2 N–H and O–H groups in total. The van der Waals surface area contributed by atoms with Gasteiger partial charge in [-0.05, 0) is 24.3 Å². The third kappa shape index (κ3) is 1.57. The first-order chi connectivity index (χ1) is 6.79. The molecule has 0 bridgehead atoms. The van der Waals surface area contributed by atoms with Crippen LogP contribution in [0.3, 0.4) is 0 Å². The smallest absolute Gasteiger partial charge is 0.258 e. The van der Waals surface area contributed by atoms with Crippen molar-refractivity contribution in [2.24, 2.45) is 0 Å². The van der Waals surface area contributed by atoms with Gasteiger partial charge in [-0.1, -0.05) is 5.16 Å². The van der Waals surface area contributed by atoms with Gasteiger partial charge in [0.2, 0.25) is 0 Å². The molecule has 0 spiro atoms. The Morgan fingerprint density at radius 3 is 2.50 bits per heavy atom. The monoisotopic (exact) mass is 192 g/mol. The lowest BCUT2D eigenvalue weighted by atomic mass is 10.2. The van der Waals surface area contributed by atoms with Crippen molar-refractivity contribution in [1.29, 1.82) is 0 Å². The number of aromatic nitrogens is 2. The second kappa shape index (κ2) is 3.47. The predicted molar refractivity (Wildman–Crippen MR) is 47.3 cm³/mol. The Morgan fingerprint density at radius 1 is 1.21 bits per heavy atom. The quantitative estimate of drug-likeness (QED) is 0.740. The van der Waals surface area contributed by atoms with E-state index in [2.05, 4.69) is 10.1 Å². The minimum atomic E-state index is -0.248. The van der Waals surface area contributed by atoms with Gasteiger partial charge >= 0.3 is 0 Å². The maximum atomic E-state index is 9.05. The minimum Gasteiger partial charge on any atom is -0.508 e. The van der Waals surface area contributed by atoms with Crippen molar-refractivity contribution >= 4 is 0 Å². The first-order valence-electron chi connectivity index (χ1n) is 4.02. The highest BCUT2D eigenvalue weighted by atomic mass is 16.5. The molecule has 5 heteroatoms. The molecule has 72 valence electrons. The van der Waals surface area contributed by atoms with Crippen molar-refractivity contribution in [1.82, 2.24) is 10.1 Å². The van der Waals surface area contributed by atoms with E-state index in [0.717, 1.165) is 0 Å². The zero-order valence-electron chi connectivity index (χ0n) is 7.21. The number of aliphatic hydroxyl groups is 1. The van der Waals surface area contributed by atoms with E-state index < -0.39 is 0 Å². The van der Waals surface area contributed by atoms with Gasteiger partial charge < -0.3 is 14.7 Å². The lowest BCUT2D eigenvalue weighted by Gasteiger charge is -1.93. The number of hydrogen-bond acceptors (Lipinski definition) is 5. The van der Waals surface area contributed by atoms with Crippen LogP contribution in [0.2, 0.25) is 0 Å². The number of phenolic OH excluding ortho intramolecular Hbond substituents is 1. The van der Waals surface area contributed by atoms with Crippen molar-refractivity contribution in [2.45, 2.75) is 6.61 Å². The van der Waals surface area contributed by atoms with Crippen molar-refractivity contribution in [3.05, 3.63) is 30.1 Å². The van der Waals surface area contributed by atoms with Crippen LogP contribution in [0, 0.1) is 0 Å².